The molecule has 0 saturated heterocycles. The molecule has 9 heteroatoms. The van der Waals surface area contributed by atoms with E-state index in [9.17, 15) is 19.5 Å². The van der Waals surface area contributed by atoms with E-state index in [1.807, 2.05) is 24.3 Å². The highest BCUT2D eigenvalue weighted by atomic mass is 16.5. The van der Waals surface area contributed by atoms with Crippen LogP contribution in [0.3, 0.4) is 0 Å². The van der Waals surface area contributed by atoms with Gasteiger partial charge in [-0.15, -0.1) is 0 Å². The molecular formula is C33H39N3O6. The fraction of sp³-hybridized carbons (Fsp3) is 0.364. The van der Waals surface area contributed by atoms with E-state index in [1.165, 1.54) is 21.1 Å². The lowest BCUT2D eigenvalue weighted by Crippen LogP contribution is -2.56. The maximum Gasteiger partial charge on any atom is 0.235 e. The fourth-order valence-electron chi connectivity index (χ4n) is 5.90. The second-order valence-corrected chi connectivity index (χ2v) is 10.6. The SMILES string of the molecule is CCN(CC)c1ccc([C@@H]2[C@H](C(=O)Nc3ccccc3OC)C(=O)C[C@@](C)(O)[C@H]2C(=O)Nc2ccccc2OC)cc1. The Labute approximate surface area is 246 Å². The van der Waals surface area contributed by atoms with Crippen LogP contribution < -0.4 is 25.0 Å². The van der Waals surface area contributed by atoms with Crippen molar-refractivity contribution in [1.29, 1.82) is 0 Å². The Morgan fingerprint density at radius 1 is 0.857 bits per heavy atom. The van der Waals surface area contributed by atoms with Gasteiger partial charge < -0.3 is 30.1 Å². The average molecular weight is 574 g/mol. The number of aliphatic hydroxyl groups is 1. The highest BCUT2D eigenvalue weighted by Gasteiger charge is 2.56. The zero-order chi connectivity index (χ0) is 30.4. The number of nitrogens with one attached hydrogen (secondary N) is 2. The predicted octanol–water partition coefficient (Wildman–Crippen LogP) is 4.87. The Bertz CT molecular complexity index is 1420. The number of ketones is 1. The summed E-state index contributed by atoms with van der Waals surface area (Å²) in [4.78, 5) is 43.8. The third kappa shape index (κ3) is 6.26. The van der Waals surface area contributed by atoms with Gasteiger partial charge >= 0.3 is 0 Å². The van der Waals surface area contributed by atoms with E-state index in [0.29, 0.717) is 28.4 Å². The summed E-state index contributed by atoms with van der Waals surface area (Å²) in [5, 5.41) is 17.3. The Kier molecular flexibility index (Phi) is 9.52. The lowest BCUT2D eigenvalue weighted by molar-refractivity contribution is -0.150. The summed E-state index contributed by atoms with van der Waals surface area (Å²) in [5.74, 6) is -4.02. The van der Waals surface area contributed by atoms with Gasteiger partial charge in [0.2, 0.25) is 11.8 Å². The van der Waals surface area contributed by atoms with E-state index in [0.717, 1.165) is 18.8 Å². The number of carbonyl (C=O) groups is 3. The largest absolute Gasteiger partial charge is 0.495 e. The summed E-state index contributed by atoms with van der Waals surface area (Å²) < 4.78 is 10.8. The summed E-state index contributed by atoms with van der Waals surface area (Å²) in [5.41, 5.74) is 0.665. The lowest BCUT2D eigenvalue weighted by atomic mass is 9.61. The molecule has 4 rings (SSSR count). The van der Waals surface area contributed by atoms with E-state index in [-0.39, 0.29) is 6.42 Å². The van der Waals surface area contributed by atoms with Gasteiger partial charge in [0.05, 0.1) is 37.1 Å². The topological polar surface area (TPSA) is 117 Å². The van der Waals surface area contributed by atoms with E-state index in [2.05, 4.69) is 29.4 Å². The van der Waals surface area contributed by atoms with Gasteiger partial charge in [-0.2, -0.15) is 0 Å². The van der Waals surface area contributed by atoms with E-state index in [4.69, 9.17) is 9.47 Å². The summed E-state index contributed by atoms with van der Waals surface area (Å²) in [6.45, 7) is 7.21. The highest BCUT2D eigenvalue weighted by Crippen LogP contribution is 2.47. The molecule has 0 aliphatic heterocycles. The molecular weight excluding hydrogens is 534 g/mol. The molecule has 3 aromatic carbocycles. The van der Waals surface area contributed by atoms with Crippen LogP contribution in [0, 0.1) is 11.8 Å². The number of ether oxygens (including phenoxy) is 2. The number of nitrogens with zero attached hydrogens (tertiary/aromatic N) is 1. The molecule has 1 fully saturated rings. The van der Waals surface area contributed by atoms with Crippen LogP contribution in [0.15, 0.2) is 72.8 Å². The van der Waals surface area contributed by atoms with Gasteiger partial charge in [-0.3, -0.25) is 14.4 Å². The van der Waals surface area contributed by atoms with E-state index < -0.39 is 41.0 Å². The number of anilines is 3. The number of carbonyl (C=O) groups excluding carboxylic acids is 3. The van der Waals surface area contributed by atoms with Gasteiger partial charge in [-0.1, -0.05) is 36.4 Å². The van der Waals surface area contributed by atoms with Crippen molar-refractivity contribution >= 4 is 34.7 Å². The molecule has 2 amide bonds. The lowest BCUT2D eigenvalue weighted by Gasteiger charge is -2.44. The summed E-state index contributed by atoms with van der Waals surface area (Å²) in [6, 6.07) is 21.4. The van der Waals surface area contributed by atoms with Crippen molar-refractivity contribution in [3.63, 3.8) is 0 Å². The van der Waals surface area contributed by atoms with Gasteiger partial charge in [0, 0.05) is 31.1 Å². The molecule has 0 heterocycles. The molecule has 1 aliphatic carbocycles. The third-order valence-corrected chi connectivity index (χ3v) is 7.97. The van der Waals surface area contributed by atoms with Gasteiger partial charge in [0.15, 0.2) is 0 Å². The van der Waals surface area contributed by atoms with Crippen molar-refractivity contribution in [1.82, 2.24) is 0 Å². The molecule has 42 heavy (non-hydrogen) atoms. The molecule has 1 aliphatic rings. The molecule has 9 nitrogen and oxygen atoms in total. The second-order valence-electron chi connectivity index (χ2n) is 10.6. The molecule has 3 N–H and O–H groups in total. The van der Waals surface area contributed by atoms with Crippen molar-refractivity contribution in [2.45, 2.75) is 38.7 Å². The third-order valence-electron chi connectivity index (χ3n) is 7.97. The molecule has 0 unspecified atom stereocenters. The van der Waals surface area contributed by atoms with Crippen LogP contribution in [0.4, 0.5) is 17.1 Å². The molecule has 0 bridgehead atoms. The number of benzene rings is 3. The number of para-hydroxylation sites is 4. The Balaban J connectivity index is 1.80. The maximum absolute atomic E-state index is 14.0. The summed E-state index contributed by atoms with van der Waals surface area (Å²) in [7, 11) is 2.99. The molecule has 0 spiro atoms. The first-order chi connectivity index (χ1) is 20.1. The van der Waals surface area contributed by atoms with Crippen LogP contribution in [-0.4, -0.2) is 55.6 Å². The molecule has 3 aromatic rings. The van der Waals surface area contributed by atoms with Crippen molar-refractivity contribution in [3.8, 4) is 11.5 Å². The van der Waals surface area contributed by atoms with Crippen LogP contribution in [0.2, 0.25) is 0 Å². The number of Topliss-reactive ketones (excluding diaryl/α,β-unsaturated/α-hetero) is 1. The minimum atomic E-state index is -1.73. The monoisotopic (exact) mass is 573 g/mol. The smallest absolute Gasteiger partial charge is 0.235 e. The predicted molar refractivity (Wildman–Crippen MR) is 163 cm³/mol. The van der Waals surface area contributed by atoms with Gasteiger partial charge in [0.25, 0.3) is 0 Å². The van der Waals surface area contributed by atoms with E-state index in [1.54, 1.807) is 48.5 Å². The number of rotatable bonds is 10. The maximum atomic E-state index is 14.0. The van der Waals surface area contributed by atoms with Crippen LogP contribution in [0.5, 0.6) is 11.5 Å². The zero-order valence-electron chi connectivity index (χ0n) is 24.7. The van der Waals surface area contributed by atoms with Crippen molar-refractivity contribution in [2.75, 3.05) is 42.8 Å². The first kappa shape index (κ1) is 30.6. The van der Waals surface area contributed by atoms with Crippen molar-refractivity contribution in [3.05, 3.63) is 78.4 Å². The molecule has 0 aromatic heterocycles. The molecule has 4 atom stereocenters. The van der Waals surface area contributed by atoms with Gasteiger partial charge in [0.1, 0.15) is 23.2 Å². The van der Waals surface area contributed by atoms with Crippen LogP contribution in [-0.2, 0) is 14.4 Å². The average Bonchev–Trinajstić information content (AvgIpc) is 2.97. The molecule has 0 radical (unpaired) electrons. The van der Waals surface area contributed by atoms with Gasteiger partial charge in [-0.25, -0.2) is 0 Å². The highest BCUT2D eigenvalue weighted by molar-refractivity contribution is 6.11. The van der Waals surface area contributed by atoms with Crippen LogP contribution in [0.1, 0.15) is 38.7 Å². The Morgan fingerprint density at radius 2 is 1.36 bits per heavy atom. The normalized spacial score (nSPS) is 21.8. The number of methoxy groups -OCH3 is 2. The first-order valence-electron chi connectivity index (χ1n) is 14.1. The fourth-order valence-corrected chi connectivity index (χ4v) is 5.90. The Hall–Kier alpha value is -4.37. The summed E-state index contributed by atoms with van der Waals surface area (Å²) in [6.07, 6.45) is -0.366. The van der Waals surface area contributed by atoms with Gasteiger partial charge in [-0.05, 0) is 62.7 Å². The van der Waals surface area contributed by atoms with Crippen LogP contribution in [0.25, 0.3) is 0 Å². The summed E-state index contributed by atoms with van der Waals surface area (Å²) >= 11 is 0. The zero-order valence-corrected chi connectivity index (χ0v) is 24.7. The standard InChI is InChI=1S/C33H39N3O6/c1-6-36(7-2)22-18-16-21(17-19-22)28-29(31(38)34-23-12-8-10-14-26(23)41-4)25(37)20-33(3,40)30(28)32(39)35-24-13-9-11-15-27(24)42-5/h8-19,28-30,40H,6-7,20H2,1-5H3,(H,34,38)(H,35,39)/t28-,29-,30-,33-/m1/s1. The van der Waals surface area contributed by atoms with Crippen molar-refractivity contribution in [2.24, 2.45) is 11.8 Å². The minimum absolute atomic E-state index is 0.366. The number of amides is 2. The molecule has 222 valence electrons. The second kappa shape index (κ2) is 13.1. The number of hydrogen-bond acceptors (Lipinski definition) is 7. The first-order valence-corrected chi connectivity index (χ1v) is 14.1. The minimum Gasteiger partial charge on any atom is -0.495 e. The van der Waals surface area contributed by atoms with E-state index >= 15 is 0 Å². The molecule has 1 saturated carbocycles. The quantitative estimate of drug-likeness (QED) is 0.296. The van der Waals surface area contributed by atoms with Crippen LogP contribution >= 0.6 is 0 Å². The Morgan fingerprint density at radius 3 is 1.86 bits per heavy atom. The van der Waals surface area contributed by atoms with Crippen molar-refractivity contribution < 1.29 is 29.0 Å². The number of hydrogen-bond donors (Lipinski definition) is 3.